The summed E-state index contributed by atoms with van der Waals surface area (Å²) in [6.07, 6.45) is 1.95. The van der Waals surface area contributed by atoms with E-state index in [1.165, 1.54) is 0 Å². The Bertz CT molecular complexity index is 140. The van der Waals surface area contributed by atoms with E-state index in [1.54, 1.807) is 0 Å². The Morgan fingerprint density at radius 3 is 1.86 bits per heavy atom. The largest absolute Gasteiger partial charge is 0.376 e. The first-order valence-electron chi connectivity index (χ1n) is 5.15. The highest BCUT2D eigenvalue weighted by Crippen LogP contribution is 2.30. The van der Waals surface area contributed by atoms with Gasteiger partial charge in [-0.1, -0.05) is 6.92 Å². The van der Waals surface area contributed by atoms with E-state index in [-0.39, 0.29) is 11.0 Å². The van der Waals surface area contributed by atoms with E-state index in [4.69, 9.17) is 27.9 Å². The zero-order valence-corrected chi connectivity index (χ0v) is 11.2. The van der Waals surface area contributed by atoms with Crippen molar-refractivity contribution < 1.29 is 4.74 Å². The molecule has 14 heavy (non-hydrogen) atoms. The molecule has 0 bridgehead atoms. The summed E-state index contributed by atoms with van der Waals surface area (Å²) < 4.78 is 5.67. The van der Waals surface area contributed by atoms with Crippen LogP contribution in [0.4, 0.5) is 0 Å². The minimum absolute atomic E-state index is 0.0500. The van der Waals surface area contributed by atoms with Crippen LogP contribution in [0.5, 0.6) is 0 Å². The van der Waals surface area contributed by atoms with Crippen molar-refractivity contribution in [3.63, 3.8) is 0 Å². The third-order valence-electron chi connectivity index (χ3n) is 2.48. The molecule has 0 aliphatic carbocycles. The Morgan fingerprint density at radius 1 is 1.07 bits per heavy atom. The highest BCUT2D eigenvalue weighted by atomic mass is 35.5. The number of hydrogen-bond donors (Lipinski definition) is 0. The van der Waals surface area contributed by atoms with E-state index in [9.17, 15) is 0 Å². The van der Waals surface area contributed by atoms with Gasteiger partial charge >= 0.3 is 0 Å². The number of ether oxygens (including phenoxy) is 1. The second-order valence-electron chi connectivity index (χ2n) is 4.83. The summed E-state index contributed by atoms with van der Waals surface area (Å²) in [6.45, 7) is 9.03. The minimum Gasteiger partial charge on any atom is -0.376 e. The van der Waals surface area contributed by atoms with Gasteiger partial charge in [-0.3, -0.25) is 0 Å². The van der Waals surface area contributed by atoms with Crippen LogP contribution in [0.2, 0.25) is 0 Å². The zero-order chi connectivity index (χ0) is 11.2. The fraction of sp³-hybridized carbons (Fsp3) is 1.00. The van der Waals surface area contributed by atoms with E-state index in [2.05, 4.69) is 27.7 Å². The fourth-order valence-electron chi connectivity index (χ4n) is 1.11. The number of hydrogen-bond acceptors (Lipinski definition) is 1. The monoisotopic (exact) mass is 240 g/mol. The predicted molar refractivity (Wildman–Crippen MR) is 64.5 cm³/mol. The molecular formula is C11H22Cl2O. The van der Waals surface area contributed by atoms with Crippen molar-refractivity contribution in [2.24, 2.45) is 5.41 Å². The Morgan fingerprint density at radius 2 is 1.57 bits per heavy atom. The molecule has 0 aromatic carbocycles. The number of alkyl halides is 2. The molecule has 0 saturated carbocycles. The molecule has 0 aromatic rings. The maximum absolute atomic E-state index is 5.93. The van der Waals surface area contributed by atoms with E-state index in [0.717, 1.165) is 19.4 Å². The van der Waals surface area contributed by atoms with Crippen LogP contribution < -0.4 is 0 Å². The predicted octanol–water partition coefficient (Wildman–Crippen LogP) is 4.07. The summed E-state index contributed by atoms with van der Waals surface area (Å²) in [5, 5.41) is 0. The normalized spacial score (nSPS) is 13.3. The van der Waals surface area contributed by atoms with Gasteiger partial charge in [0, 0.05) is 18.4 Å². The van der Waals surface area contributed by atoms with Crippen LogP contribution in [0.1, 0.15) is 40.5 Å². The Balaban J connectivity index is 3.95. The second-order valence-corrected chi connectivity index (χ2v) is 5.37. The van der Waals surface area contributed by atoms with Crippen molar-refractivity contribution in [1.82, 2.24) is 0 Å². The van der Waals surface area contributed by atoms with Gasteiger partial charge in [0.2, 0.25) is 0 Å². The van der Waals surface area contributed by atoms with Crippen molar-refractivity contribution in [3.8, 4) is 0 Å². The quantitative estimate of drug-likeness (QED) is 0.637. The first-order valence-corrected chi connectivity index (χ1v) is 6.22. The molecule has 0 amide bonds. The van der Waals surface area contributed by atoms with Crippen molar-refractivity contribution in [2.45, 2.75) is 46.1 Å². The van der Waals surface area contributed by atoms with Gasteiger partial charge in [0.15, 0.2) is 0 Å². The minimum atomic E-state index is -0.0713. The van der Waals surface area contributed by atoms with Crippen molar-refractivity contribution in [3.05, 3.63) is 0 Å². The topological polar surface area (TPSA) is 9.23 Å². The Kier molecular flexibility index (Phi) is 6.43. The lowest BCUT2D eigenvalue weighted by Crippen LogP contribution is -2.29. The zero-order valence-electron chi connectivity index (χ0n) is 9.70. The van der Waals surface area contributed by atoms with Gasteiger partial charge in [-0.25, -0.2) is 0 Å². The molecule has 0 radical (unpaired) electrons. The van der Waals surface area contributed by atoms with Crippen molar-refractivity contribution >= 4 is 23.2 Å². The third-order valence-corrected chi connectivity index (χ3v) is 3.62. The summed E-state index contributed by atoms with van der Waals surface area (Å²) in [7, 11) is 0. The highest BCUT2D eigenvalue weighted by Gasteiger charge is 2.26. The molecule has 0 spiro atoms. The first kappa shape index (κ1) is 14.5. The van der Waals surface area contributed by atoms with E-state index >= 15 is 0 Å². The standard InChI is InChI=1S/C11H22Cl2O/c1-5-11(8-12,9-13)6-7-14-10(2,3)4/h5-9H2,1-4H3. The lowest BCUT2D eigenvalue weighted by atomic mass is 9.86. The van der Waals surface area contributed by atoms with Crippen LogP contribution in [-0.2, 0) is 4.74 Å². The Labute approximate surface area is 98.1 Å². The molecule has 0 rings (SSSR count). The third kappa shape index (κ3) is 5.43. The van der Waals surface area contributed by atoms with Crippen LogP contribution in [0.25, 0.3) is 0 Å². The van der Waals surface area contributed by atoms with Gasteiger partial charge in [-0.15, -0.1) is 23.2 Å². The molecule has 0 aromatic heterocycles. The summed E-state index contributed by atoms with van der Waals surface area (Å²) >= 11 is 11.9. The molecule has 0 unspecified atom stereocenters. The lowest BCUT2D eigenvalue weighted by molar-refractivity contribution is -0.0151. The molecule has 0 N–H and O–H groups in total. The molecule has 3 heteroatoms. The summed E-state index contributed by atoms with van der Waals surface area (Å²) in [4.78, 5) is 0. The molecule has 0 heterocycles. The smallest absolute Gasteiger partial charge is 0.0598 e. The lowest BCUT2D eigenvalue weighted by Gasteiger charge is -2.29. The van der Waals surface area contributed by atoms with Gasteiger partial charge in [-0.05, 0) is 39.0 Å². The molecule has 0 saturated heterocycles. The second kappa shape index (κ2) is 6.19. The van der Waals surface area contributed by atoms with Crippen LogP contribution in [0.3, 0.4) is 0 Å². The van der Waals surface area contributed by atoms with Crippen LogP contribution >= 0.6 is 23.2 Å². The molecule has 0 aliphatic rings. The molecule has 1 nitrogen and oxygen atoms in total. The van der Waals surface area contributed by atoms with Crippen LogP contribution in [0, 0.1) is 5.41 Å². The average Bonchev–Trinajstić information content (AvgIpc) is 2.11. The molecular weight excluding hydrogens is 219 g/mol. The maximum Gasteiger partial charge on any atom is 0.0598 e. The van der Waals surface area contributed by atoms with Crippen molar-refractivity contribution in [2.75, 3.05) is 18.4 Å². The summed E-state index contributed by atoms with van der Waals surface area (Å²) in [5.74, 6) is 1.22. The van der Waals surface area contributed by atoms with Crippen LogP contribution in [0.15, 0.2) is 0 Å². The van der Waals surface area contributed by atoms with Gasteiger partial charge in [0.25, 0.3) is 0 Å². The Hall–Kier alpha value is 0.540. The van der Waals surface area contributed by atoms with E-state index in [0.29, 0.717) is 11.8 Å². The summed E-state index contributed by atoms with van der Waals surface area (Å²) in [5.41, 5.74) is -0.0214. The van der Waals surface area contributed by atoms with Crippen molar-refractivity contribution in [1.29, 1.82) is 0 Å². The van der Waals surface area contributed by atoms with E-state index in [1.807, 2.05) is 0 Å². The van der Waals surface area contributed by atoms with Gasteiger partial charge < -0.3 is 4.74 Å². The fourth-order valence-corrected chi connectivity index (χ4v) is 2.04. The molecule has 0 atom stereocenters. The first-order chi connectivity index (χ1) is 6.39. The van der Waals surface area contributed by atoms with E-state index < -0.39 is 0 Å². The number of rotatable bonds is 6. The van der Waals surface area contributed by atoms with Gasteiger partial charge in [0.1, 0.15) is 0 Å². The van der Waals surface area contributed by atoms with Crippen LogP contribution in [-0.4, -0.2) is 24.0 Å². The maximum atomic E-state index is 5.93. The average molecular weight is 241 g/mol. The molecule has 0 fully saturated rings. The highest BCUT2D eigenvalue weighted by molar-refractivity contribution is 6.21. The molecule has 0 aliphatic heterocycles. The molecule has 86 valence electrons. The SMILES string of the molecule is CCC(CCl)(CCl)CCOC(C)(C)C. The number of halogens is 2. The van der Waals surface area contributed by atoms with Gasteiger partial charge in [-0.2, -0.15) is 0 Å². The summed E-state index contributed by atoms with van der Waals surface area (Å²) in [6, 6.07) is 0. The van der Waals surface area contributed by atoms with Gasteiger partial charge in [0.05, 0.1) is 5.60 Å².